The van der Waals surface area contributed by atoms with E-state index in [9.17, 15) is 59.4 Å². The Morgan fingerprint density at radius 3 is 0.371 bits per heavy atom. The smallest absolute Gasteiger partial charge is 0.875 e. The minimum absolute atomic E-state index is 0. The van der Waals surface area contributed by atoms with Crippen molar-refractivity contribution in [1.29, 1.82) is 0 Å². The molecule has 2 radical (unpaired) electrons. The van der Waals surface area contributed by atoms with Gasteiger partial charge in [-0.25, -0.2) is 28.8 Å². The minimum Gasteiger partial charge on any atom is -0.875 e. The first-order chi connectivity index (χ1) is 28.9. The van der Waals surface area contributed by atoms with Gasteiger partial charge in [0.25, 0.3) is 0 Å². The molecule has 70 heavy (non-hydrogen) atoms. The van der Waals surface area contributed by atoms with Gasteiger partial charge in [-0.2, -0.15) is 0 Å². The van der Waals surface area contributed by atoms with Crippen molar-refractivity contribution in [1.82, 2.24) is 0 Å². The average Bonchev–Trinajstić information content (AvgIpc) is 2.90. The van der Waals surface area contributed by atoms with Gasteiger partial charge in [0.1, 0.15) is 33.6 Å². The van der Waals surface area contributed by atoms with Crippen LogP contribution in [0.1, 0.15) is 166 Å². The molecule has 0 unspecified atom stereocenters. The summed E-state index contributed by atoms with van der Waals surface area (Å²) >= 11 is 0. The van der Waals surface area contributed by atoms with Crippen LogP contribution >= 0.6 is 0 Å². The quantitative estimate of drug-likeness (QED) is 0.0877. The standard InChI is InChI=1S/6C8H14O3.2Co.2Li/c6*1-6(9)5-7(10)11-8(2,3)4;;;;/h6*5,9H,1-4H3;;;;/q;;;;;;2*+2;2*+1/p-6/b6*6-5-;;;;. The molecule has 0 fully saturated rings. The second kappa shape index (κ2) is 41.8. The van der Waals surface area contributed by atoms with Crippen molar-refractivity contribution < 1.29 is 159 Å². The largest absolute Gasteiger partial charge is 2.00 e. The molecule has 0 aliphatic carbocycles. The maximum Gasteiger partial charge on any atom is 2.00 e. The Morgan fingerprint density at radius 1 is 0.257 bits per heavy atom. The molecule has 0 aromatic rings. The van der Waals surface area contributed by atoms with Gasteiger partial charge >= 0.3 is 107 Å². The van der Waals surface area contributed by atoms with Crippen LogP contribution in [0.15, 0.2) is 71.0 Å². The van der Waals surface area contributed by atoms with E-state index in [-0.39, 0.29) is 106 Å². The van der Waals surface area contributed by atoms with E-state index in [1.165, 1.54) is 41.5 Å². The maximum atomic E-state index is 10.8. The molecule has 0 atom stereocenters. The van der Waals surface area contributed by atoms with Crippen LogP contribution in [0, 0.1) is 0 Å². The normalized spacial score (nSPS) is 12.2. The van der Waals surface area contributed by atoms with Crippen molar-refractivity contribution in [2.24, 2.45) is 0 Å². The molecule has 0 bridgehead atoms. The van der Waals surface area contributed by atoms with Gasteiger partial charge in [-0.1, -0.05) is 41.5 Å². The molecule has 0 aromatic carbocycles. The van der Waals surface area contributed by atoms with Gasteiger partial charge in [-0.3, -0.25) is 0 Å². The molecule has 18 nitrogen and oxygen atoms in total. The van der Waals surface area contributed by atoms with E-state index in [1.54, 1.807) is 125 Å². The Morgan fingerprint density at radius 2 is 0.329 bits per heavy atom. The van der Waals surface area contributed by atoms with Gasteiger partial charge in [0.2, 0.25) is 0 Å². The van der Waals surface area contributed by atoms with Gasteiger partial charge in [0, 0.05) is 36.5 Å². The predicted octanol–water partition coefficient (Wildman–Crippen LogP) is -2.44. The van der Waals surface area contributed by atoms with E-state index in [1.807, 2.05) is 0 Å². The Labute approximate surface area is 462 Å². The van der Waals surface area contributed by atoms with E-state index < -0.39 is 69.4 Å². The van der Waals surface area contributed by atoms with Crippen molar-refractivity contribution in [3.05, 3.63) is 71.0 Å². The Balaban J connectivity index is -0.0000000763. The van der Waals surface area contributed by atoms with Crippen molar-refractivity contribution in [3.8, 4) is 0 Å². The third-order valence-corrected chi connectivity index (χ3v) is 4.37. The molecule has 0 N–H and O–H groups in total. The summed E-state index contributed by atoms with van der Waals surface area (Å²) in [6, 6.07) is 0. The van der Waals surface area contributed by atoms with E-state index >= 15 is 0 Å². The molecule has 0 aromatic heterocycles. The SMILES string of the molecule is C/C([O-])=C/C(=O)OC(C)(C)C.C/C([O-])=C/C(=O)OC(C)(C)C.C/C([O-])=C/C(=O)OC(C)(C)C.C/C([O-])=C/C(=O)OC(C)(C)C.C/C([O-])=C/C(=O)OC(C)(C)C.C/C([O-])=C/C(=O)OC(C)(C)C.[Co+2].[Co+2].[Li+].[Li+]. The summed E-state index contributed by atoms with van der Waals surface area (Å²) < 4.78 is 29.0. The summed E-state index contributed by atoms with van der Waals surface area (Å²) in [7, 11) is 0. The van der Waals surface area contributed by atoms with Gasteiger partial charge in [0.15, 0.2) is 0 Å². The van der Waals surface area contributed by atoms with Crippen LogP contribution in [0.3, 0.4) is 0 Å². The Bertz CT molecular complexity index is 1370. The fourth-order valence-corrected chi connectivity index (χ4v) is 2.98. The predicted molar refractivity (Wildman–Crippen MR) is 238 cm³/mol. The Kier molecular flexibility index (Phi) is 53.3. The van der Waals surface area contributed by atoms with E-state index in [2.05, 4.69) is 0 Å². The first-order valence-corrected chi connectivity index (χ1v) is 20.4. The molecular weight excluding hydrogens is 996 g/mol. The number of hydrogen-bond acceptors (Lipinski definition) is 18. The molecule has 0 aliphatic heterocycles. The van der Waals surface area contributed by atoms with Gasteiger partial charge in [-0.05, 0) is 125 Å². The number of carbonyl (C=O) groups is 6. The van der Waals surface area contributed by atoms with Crippen molar-refractivity contribution in [2.45, 2.75) is 200 Å². The third-order valence-electron chi connectivity index (χ3n) is 4.37. The summed E-state index contributed by atoms with van der Waals surface area (Å²) in [4.78, 5) is 64.6. The van der Waals surface area contributed by atoms with E-state index in [0.29, 0.717) is 0 Å². The first-order valence-electron chi connectivity index (χ1n) is 20.4. The van der Waals surface area contributed by atoms with Gasteiger partial charge < -0.3 is 59.1 Å². The number of hydrogen-bond donors (Lipinski definition) is 0. The van der Waals surface area contributed by atoms with Crippen LogP contribution in [0.4, 0.5) is 0 Å². The molecule has 0 rings (SSSR count). The van der Waals surface area contributed by atoms with Crippen molar-refractivity contribution in [2.75, 3.05) is 0 Å². The van der Waals surface area contributed by atoms with Gasteiger partial charge in [0.05, 0.1) is 0 Å². The van der Waals surface area contributed by atoms with Crippen LogP contribution in [-0.4, -0.2) is 69.4 Å². The summed E-state index contributed by atoms with van der Waals surface area (Å²) in [5, 5.41) is 62.3. The third kappa shape index (κ3) is 102. The molecular formula is C48H78Co2Li2O18. The summed E-state index contributed by atoms with van der Waals surface area (Å²) in [6.07, 6.45) is 5.61. The summed E-state index contributed by atoms with van der Waals surface area (Å²) in [5.74, 6) is -5.23. The zero-order valence-electron chi connectivity index (χ0n) is 46.5. The molecule has 0 spiro atoms. The zero-order valence-corrected chi connectivity index (χ0v) is 48.6. The fourth-order valence-electron chi connectivity index (χ4n) is 2.98. The topological polar surface area (TPSA) is 296 Å². The van der Waals surface area contributed by atoms with Crippen molar-refractivity contribution in [3.63, 3.8) is 0 Å². The number of ether oxygens (including phenoxy) is 6. The fraction of sp³-hybridized carbons (Fsp3) is 0.625. The van der Waals surface area contributed by atoms with Crippen LogP contribution < -0.4 is 68.4 Å². The number of allylic oxidation sites excluding steroid dienone is 6. The van der Waals surface area contributed by atoms with Crippen LogP contribution in [0.5, 0.6) is 0 Å². The van der Waals surface area contributed by atoms with E-state index in [4.69, 9.17) is 28.4 Å². The Hall–Kier alpha value is -3.73. The summed E-state index contributed by atoms with van der Waals surface area (Å²) in [6.45, 7) is 39.3. The number of esters is 6. The van der Waals surface area contributed by atoms with Crippen LogP contribution in [0.2, 0.25) is 0 Å². The van der Waals surface area contributed by atoms with Crippen LogP contribution in [-0.2, 0) is 90.7 Å². The molecule has 22 heteroatoms. The van der Waals surface area contributed by atoms with E-state index in [0.717, 1.165) is 36.5 Å². The molecule has 0 saturated heterocycles. The van der Waals surface area contributed by atoms with Crippen molar-refractivity contribution >= 4 is 35.8 Å². The molecule has 0 saturated carbocycles. The average molecular weight is 1070 g/mol. The second-order valence-corrected chi connectivity index (χ2v) is 19.7. The molecule has 0 heterocycles. The maximum absolute atomic E-state index is 10.8. The summed E-state index contributed by atoms with van der Waals surface area (Å²) in [5.41, 5.74) is -3.15. The molecule has 0 aliphatic rings. The van der Waals surface area contributed by atoms with Gasteiger partial charge in [-0.15, -0.1) is 34.6 Å². The zero-order chi connectivity index (χ0) is 54.4. The molecule has 0 amide bonds. The number of carbonyl (C=O) groups excluding carboxylic acids is 6. The minimum atomic E-state index is -0.579. The second-order valence-electron chi connectivity index (χ2n) is 19.7. The van der Waals surface area contributed by atoms with Crippen LogP contribution in [0.25, 0.3) is 0 Å². The number of rotatable bonds is 6. The monoisotopic (exact) mass is 1070 g/mol. The first kappa shape index (κ1) is 89.2. The molecule has 398 valence electrons.